The number of cyclic esters (lactones) is 1. The second kappa shape index (κ2) is 13.9. The van der Waals surface area contributed by atoms with E-state index in [-0.39, 0.29) is 35.1 Å². The van der Waals surface area contributed by atoms with E-state index in [1.54, 1.807) is 6.08 Å². The van der Waals surface area contributed by atoms with Gasteiger partial charge in [0.25, 0.3) is 8.32 Å². The number of hydrogen-bond acceptors (Lipinski definition) is 3. The van der Waals surface area contributed by atoms with Crippen LogP contribution in [0.1, 0.15) is 61.3 Å². The zero-order valence-corrected chi connectivity index (χ0v) is 25.8. The molecule has 0 saturated heterocycles. The van der Waals surface area contributed by atoms with Crippen molar-refractivity contribution in [2.24, 2.45) is 11.8 Å². The summed E-state index contributed by atoms with van der Waals surface area (Å²) >= 11 is 0. The summed E-state index contributed by atoms with van der Waals surface area (Å²) in [5, 5.41) is 2.45. The third-order valence-electron chi connectivity index (χ3n) is 7.63. The lowest BCUT2D eigenvalue weighted by Gasteiger charge is -2.45. The van der Waals surface area contributed by atoms with Crippen molar-refractivity contribution < 1.29 is 14.0 Å². The minimum atomic E-state index is -2.67. The van der Waals surface area contributed by atoms with E-state index >= 15 is 0 Å². The Morgan fingerprint density at radius 3 is 2.08 bits per heavy atom. The molecule has 2 aromatic rings. The molecule has 0 spiro atoms. The second-order valence-corrected chi connectivity index (χ2v) is 16.0. The van der Waals surface area contributed by atoms with Gasteiger partial charge in [-0.3, -0.25) is 0 Å². The van der Waals surface area contributed by atoms with Crippen LogP contribution in [0.4, 0.5) is 0 Å². The first kappa shape index (κ1) is 30.6. The SMILES string of the molecule is C/C(=C/[C@H](C)[C@@H](C)O[Si](c1ccccc1)(c1ccccc1)C(C)(C)C)C1OC(=O)/C=C/CC/C=C/C=C\[C@@H]1C. The van der Waals surface area contributed by atoms with Crippen LogP contribution in [0.25, 0.3) is 0 Å². The van der Waals surface area contributed by atoms with Crippen LogP contribution in [0.2, 0.25) is 5.04 Å². The van der Waals surface area contributed by atoms with E-state index in [2.05, 4.69) is 140 Å². The Kier molecular flexibility index (Phi) is 10.9. The molecule has 1 aliphatic heterocycles. The van der Waals surface area contributed by atoms with E-state index in [0.717, 1.165) is 18.4 Å². The number of allylic oxidation sites excluding steroid dienone is 4. The summed E-state index contributed by atoms with van der Waals surface area (Å²) in [6.07, 6.45) is 15.4. The number of ether oxygens (including phenoxy) is 1. The highest BCUT2D eigenvalue weighted by Gasteiger charge is 2.51. The zero-order chi connectivity index (χ0) is 28.5. The highest BCUT2D eigenvalue weighted by molar-refractivity contribution is 6.99. The molecule has 0 N–H and O–H groups in total. The summed E-state index contributed by atoms with van der Waals surface area (Å²) in [5.74, 6) is -0.136. The molecule has 208 valence electrons. The molecule has 0 radical (unpaired) electrons. The van der Waals surface area contributed by atoms with E-state index in [1.165, 1.54) is 10.4 Å². The Balaban J connectivity index is 1.96. The van der Waals surface area contributed by atoms with Gasteiger partial charge in [-0.15, -0.1) is 0 Å². The lowest BCUT2D eigenvalue weighted by atomic mass is 9.93. The van der Waals surface area contributed by atoms with Gasteiger partial charge in [0.2, 0.25) is 0 Å². The van der Waals surface area contributed by atoms with Crippen LogP contribution in [0.5, 0.6) is 0 Å². The maximum Gasteiger partial charge on any atom is 0.331 e. The minimum Gasteiger partial charge on any atom is -0.454 e. The number of benzene rings is 2. The lowest BCUT2D eigenvalue weighted by molar-refractivity contribution is -0.142. The van der Waals surface area contributed by atoms with Crippen LogP contribution in [0, 0.1) is 11.8 Å². The predicted octanol–water partition coefficient (Wildman–Crippen LogP) is 7.54. The van der Waals surface area contributed by atoms with Crippen LogP contribution >= 0.6 is 0 Å². The molecule has 3 nitrogen and oxygen atoms in total. The summed E-state index contributed by atoms with van der Waals surface area (Å²) in [6, 6.07) is 21.5. The first-order chi connectivity index (χ1) is 18.6. The Hall–Kier alpha value is -2.95. The van der Waals surface area contributed by atoms with Crippen LogP contribution in [0.3, 0.4) is 0 Å². The smallest absolute Gasteiger partial charge is 0.331 e. The number of esters is 1. The highest BCUT2D eigenvalue weighted by Crippen LogP contribution is 2.38. The van der Waals surface area contributed by atoms with Crippen molar-refractivity contribution in [1.82, 2.24) is 0 Å². The van der Waals surface area contributed by atoms with E-state index in [9.17, 15) is 4.79 Å². The zero-order valence-electron chi connectivity index (χ0n) is 24.8. The lowest BCUT2D eigenvalue weighted by Crippen LogP contribution is -2.67. The van der Waals surface area contributed by atoms with Gasteiger partial charge >= 0.3 is 5.97 Å². The first-order valence-electron chi connectivity index (χ1n) is 14.2. The molecule has 3 rings (SSSR count). The molecular formula is C35H46O3Si. The quantitative estimate of drug-likeness (QED) is 0.206. The molecule has 0 aliphatic carbocycles. The monoisotopic (exact) mass is 542 g/mol. The van der Waals surface area contributed by atoms with Gasteiger partial charge in [0.15, 0.2) is 0 Å². The fourth-order valence-electron chi connectivity index (χ4n) is 5.39. The number of hydrogen-bond donors (Lipinski definition) is 0. The van der Waals surface area contributed by atoms with Gasteiger partial charge in [0.05, 0.1) is 0 Å². The molecule has 2 aromatic carbocycles. The van der Waals surface area contributed by atoms with Crippen LogP contribution < -0.4 is 10.4 Å². The average molecular weight is 543 g/mol. The Morgan fingerprint density at radius 2 is 1.51 bits per heavy atom. The summed E-state index contributed by atoms with van der Waals surface area (Å²) < 4.78 is 13.3. The summed E-state index contributed by atoms with van der Waals surface area (Å²) in [4.78, 5) is 12.6. The molecule has 4 heteroatoms. The van der Waals surface area contributed by atoms with E-state index < -0.39 is 8.32 Å². The van der Waals surface area contributed by atoms with Crippen molar-refractivity contribution in [2.75, 3.05) is 0 Å². The molecule has 0 bridgehead atoms. The summed E-state index contributed by atoms with van der Waals surface area (Å²) in [7, 11) is -2.67. The summed E-state index contributed by atoms with van der Waals surface area (Å²) in [5.41, 5.74) is 1.04. The van der Waals surface area contributed by atoms with E-state index in [4.69, 9.17) is 9.16 Å². The van der Waals surface area contributed by atoms with Gasteiger partial charge in [-0.1, -0.05) is 132 Å². The number of carbonyl (C=O) groups is 1. The molecule has 1 aliphatic rings. The fourth-order valence-corrected chi connectivity index (χ4v) is 10.2. The van der Waals surface area contributed by atoms with Crippen molar-refractivity contribution in [2.45, 2.75) is 78.6 Å². The highest BCUT2D eigenvalue weighted by atomic mass is 28.4. The predicted molar refractivity (Wildman–Crippen MR) is 167 cm³/mol. The standard InChI is InChI=1S/C35H46O3Si/c1-27-20-14-10-8-9-11-19-25-33(36)37-34(27)29(3)26-28(2)30(4)38-39(35(5,6)7,31-21-15-12-16-22-31)32-23-17-13-18-24-32/h8,10,12-28,30,34H,9,11H2,1-7H3/b10-8+,20-14-,25-19+,29-26-/t27-,28-,30+,34?/m0/s1. The van der Waals surface area contributed by atoms with Gasteiger partial charge < -0.3 is 9.16 Å². The summed E-state index contributed by atoms with van der Waals surface area (Å²) in [6.45, 7) is 15.5. The van der Waals surface area contributed by atoms with Crippen molar-refractivity contribution >= 4 is 24.7 Å². The van der Waals surface area contributed by atoms with Gasteiger partial charge in [-0.25, -0.2) is 4.79 Å². The fraction of sp³-hybridized carbons (Fsp3) is 0.400. The molecule has 1 heterocycles. The Bertz CT molecular complexity index is 1130. The van der Waals surface area contributed by atoms with Crippen LogP contribution in [-0.2, 0) is 14.0 Å². The van der Waals surface area contributed by atoms with Gasteiger partial charge in [0, 0.05) is 18.1 Å². The van der Waals surface area contributed by atoms with Crippen molar-refractivity contribution in [3.63, 3.8) is 0 Å². The topological polar surface area (TPSA) is 35.5 Å². The molecule has 0 amide bonds. The van der Waals surface area contributed by atoms with Crippen molar-refractivity contribution in [3.8, 4) is 0 Å². The second-order valence-electron chi connectivity index (χ2n) is 11.8. The Morgan fingerprint density at radius 1 is 0.949 bits per heavy atom. The van der Waals surface area contributed by atoms with Gasteiger partial charge in [-0.05, 0) is 53.6 Å². The number of carbonyl (C=O) groups excluding carboxylic acids is 1. The van der Waals surface area contributed by atoms with Gasteiger partial charge in [0.1, 0.15) is 6.10 Å². The van der Waals surface area contributed by atoms with Gasteiger partial charge in [-0.2, -0.15) is 0 Å². The molecule has 0 fully saturated rings. The molecule has 0 saturated carbocycles. The average Bonchev–Trinajstić information content (AvgIpc) is 2.91. The molecule has 39 heavy (non-hydrogen) atoms. The Labute approximate surface area is 237 Å². The third-order valence-corrected chi connectivity index (χ3v) is 12.8. The minimum absolute atomic E-state index is 0.0442. The maximum atomic E-state index is 12.6. The molecule has 4 atom stereocenters. The van der Waals surface area contributed by atoms with E-state index in [1.807, 2.05) is 6.08 Å². The van der Waals surface area contributed by atoms with Crippen molar-refractivity contribution in [3.05, 3.63) is 109 Å². The van der Waals surface area contributed by atoms with Crippen molar-refractivity contribution in [1.29, 1.82) is 0 Å². The third kappa shape index (κ3) is 7.80. The largest absolute Gasteiger partial charge is 0.454 e. The van der Waals surface area contributed by atoms with E-state index in [0.29, 0.717) is 0 Å². The molecule has 0 aromatic heterocycles. The maximum absolute atomic E-state index is 12.6. The first-order valence-corrected chi connectivity index (χ1v) is 16.1. The molecular weight excluding hydrogens is 496 g/mol. The number of rotatable bonds is 7. The normalized spacial score (nSPS) is 23.5. The van der Waals surface area contributed by atoms with Crippen LogP contribution in [0.15, 0.2) is 109 Å². The van der Waals surface area contributed by atoms with Crippen LogP contribution in [-0.4, -0.2) is 26.5 Å². The molecule has 1 unspecified atom stereocenters.